The maximum absolute atomic E-state index is 12.5. The van der Waals surface area contributed by atoms with Crippen LogP contribution in [0.5, 0.6) is 0 Å². The minimum Gasteiger partial charge on any atom is -0.360 e. The first-order valence-electron chi connectivity index (χ1n) is 7.93. The molecular formula is C17H26N4OS. The summed E-state index contributed by atoms with van der Waals surface area (Å²) in [5.74, 6) is 1.55. The van der Waals surface area contributed by atoms with E-state index in [9.17, 15) is 4.79 Å². The van der Waals surface area contributed by atoms with Gasteiger partial charge in [0.1, 0.15) is 16.5 Å². The summed E-state index contributed by atoms with van der Waals surface area (Å²) in [5.41, 5.74) is 1.00. The summed E-state index contributed by atoms with van der Waals surface area (Å²) >= 11 is 1.67. The number of fused-ring (bicyclic) bond motifs is 1. The summed E-state index contributed by atoms with van der Waals surface area (Å²) in [7, 11) is 0. The lowest BCUT2D eigenvalue weighted by Crippen LogP contribution is -2.47. The van der Waals surface area contributed by atoms with Crippen LogP contribution in [0.4, 0.5) is 5.82 Å². The van der Waals surface area contributed by atoms with Crippen LogP contribution in [-0.4, -0.2) is 39.4 Å². The predicted molar refractivity (Wildman–Crippen MR) is 97.3 cm³/mol. The van der Waals surface area contributed by atoms with E-state index < -0.39 is 0 Å². The van der Waals surface area contributed by atoms with Crippen molar-refractivity contribution in [1.82, 2.24) is 14.9 Å². The normalized spacial score (nSPS) is 11.8. The molecule has 2 aromatic heterocycles. The van der Waals surface area contributed by atoms with Crippen molar-refractivity contribution in [2.75, 3.05) is 18.4 Å². The fourth-order valence-electron chi connectivity index (χ4n) is 2.76. The molecule has 0 saturated heterocycles. The number of thiophene rings is 1. The number of anilines is 1. The monoisotopic (exact) mass is 334 g/mol. The molecule has 0 atom stereocenters. The lowest BCUT2D eigenvalue weighted by Gasteiger charge is -2.35. The van der Waals surface area contributed by atoms with Gasteiger partial charge < -0.3 is 10.2 Å². The zero-order valence-corrected chi connectivity index (χ0v) is 15.9. The number of nitrogens with one attached hydrogen (secondary N) is 1. The topological polar surface area (TPSA) is 58.1 Å². The minimum atomic E-state index is -0.181. The molecule has 0 fully saturated rings. The van der Waals surface area contributed by atoms with Crippen molar-refractivity contribution in [2.24, 2.45) is 0 Å². The molecule has 0 aliphatic rings. The quantitative estimate of drug-likeness (QED) is 0.927. The lowest BCUT2D eigenvalue weighted by atomic mass is 10.1. The highest BCUT2D eigenvalue weighted by Gasteiger charge is 2.24. The fourth-order valence-corrected chi connectivity index (χ4v) is 3.84. The summed E-state index contributed by atoms with van der Waals surface area (Å²) in [6.07, 6.45) is 0. The number of aryl methyl sites for hydroxylation is 3. The smallest absolute Gasteiger partial charge is 0.242 e. The summed E-state index contributed by atoms with van der Waals surface area (Å²) in [4.78, 5) is 25.6. The average Bonchev–Trinajstić information content (AvgIpc) is 2.70. The Kier molecular flexibility index (Phi) is 4.94. The molecule has 0 bridgehead atoms. The molecule has 0 saturated carbocycles. The first-order chi connectivity index (χ1) is 10.6. The molecule has 23 heavy (non-hydrogen) atoms. The van der Waals surface area contributed by atoms with Crippen LogP contribution in [0.3, 0.4) is 0 Å². The van der Waals surface area contributed by atoms with Crippen LogP contribution in [0, 0.1) is 20.8 Å². The molecule has 5 nitrogen and oxygen atoms in total. The van der Waals surface area contributed by atoms with Crippen molar-refractivity contribution >= 4 is 33.3 Å². The first kappa shape index (κ1) is 17.7. The van der Waals surface area contributed by atoms with Gasteiger partial charge in [0, 0.05) is 17.0 Å². The molecule has 0 aliphatic heterocycles. The third kappa shape index (κ3) is 3.63. The van der Waals surface area contributed by atoms with Crippen LogP contribution < -0.4 is 5.32 Å². The van der Waals surface area contributed by atoms with Gasteiger partial charge in [0.2, 0.25) is 5.91 Å². The summed E-state index contributed by atoms with van der Waals surface area (Å²) in [6.45, 7) is 15.1. The van der Waals surface area contributed by atoms with E-state index in [1.807, 2.05) is 39.5 Å². The fraction of sp³-hybridized carbons (Fsp3) is 0.588. The minimum absolute atomic E-state index is 0.0778. The zero-order chi connectivity index (χ0) is 17.4. The summed E-state index contributed by atoms with van der Waals surface area (Å²) < 4.78 is 0. The van der Waals surface area contributed by atoms with Gasteiger partial charge in [-0.2, -0.15) is 0 Å². The second-order valence-corrected chi connectivity index (χ2v) is 7.95. The number of carbonyl (C=O) groups is 1. The Morgan fingerprint density at radius 1 is 1.22 bits per heavy atom. The van der Waals surface area contributed by atoms with E-state index in [2.05, 4.69) is 29.1 Å². The van der Waals surface area contributed by atoms with E-state index in [0.717, 1.165) is 21.9 Å². The first-order valence-corrected chi connectivity index (χ1v) is 8.75. The number of carbonyl (C=O) groups excluding carboxylic acids is 1. The van der Waals surface area contributed by atoms with Gasteiger partial charge in [0.25, 0.3) is 0 Å². The highest BCUT2D eigenvalue weighted by molar-refractivity contribution is 7.18. The van der Waals surface area contributed by atoms with Crippen LogP contribution in [0.2, 0.25) is 0 Å². The molecule has 2 heterocycles. The molecule has 1 N–H and O–H groups in total. The van der Waals surface area contributed by atoms with E-state index in [1.165, 1.54) is 10.4 Å². The summed E-state index contributed by atoms with van der Waals surface area (Å²) in [6, 6.07) is 0. The highest BCUT2D eigenvalue weighted by atomic mass is 32.1. The van der Waals surface area contributed by atoms with Gasteiger partial charge in [0.15, 0.2) is 0 Å². The Hall–Kier alpha value is -1.69. The van der Waals surface area contributed by atoms with Gasteiger partial charge in [-0.1, -0.05) is 0 Å². The number of amides is 1. The van der Waals surface area contributed by atoms with Crippen molar-refractivity contribution in [1.29, 1.82) is 0 Å². The van der Waals surface area contributed by atoms with Crippen LogP contribution in [0.25, 0.3) is 10.2 Å². The van der Waals surface area contributed by atoms with Crippen molar-refractivity contribution in [3.05, 3.63) is 16.3 Å². The Labute approximate surface area is 142 Å². The molecule has 6 heteroatoms. The zero-order valence-electron chi connectivity index (χ0n) is 15.1. The highest BCUT2D eigenvalue weighted by Crippen LogP contribution is 2.33. The third-order valence-corrected chi connectivity index (χ3v) is 5.08. The van der Waals surface area contributed by atoms with E-state index >= 15 is 0 Å². The molecular weight excluding hydrogens is 308 g/mol. The molecule has 2 rings (SSSR count). The molecule has 0 radical (unpaired) electrons. The van der Waals surface area contributed by atoms with Crippen molar-refractivity contribution in [2.45, 2.75) is 54.0 Å². The Balaban J connectivity index is 2.27. The van der Waals surface area contributed by atoms with Gasteiger partial charge in [0.05, 0.1) is 11.9 Å². The van der Waals surface area contributed by atoms with Crippen molar-refractivity contribution in [3.8, 4) is 0 Å². The van der Waals surface area contributed by atoms with E-state index in [-0.39, 0.29) is 18.0 Å². The van der Waals surface area contributed by atoms with Gasteiger partial charge in [-0.25, -0.2) is 9.97 Å². The second kappa shape index (κ2) is 6.43. The van der Waals surface area contributed by atoms with Crippen LogP contribution in [0.15, 0.2) is 0 Å². The molecule has 0 aliphatic carbocycles. The second-order valence-electron chi connectivity index (χ2n) is 6.75. The van der Waals surface area contributed by atoms with E-state index in [1.54, 1.807) is 11.3 Å². The third-order valence-electron chi connectivity index (χ3n) is 3.97. The number of hydrogen-bond donors (Lipinski definition) is 1. The van der Waals surface area contributed by atoms with Gasteiger partial charge in [-0.05, 0) is 54.0 Å². The maximum atomic E-state index is 12.5. The standard InChI is InChI=1S/C17H26N4OS/c1-8-21(17(5,6)7)13(22)9-18-15-14-10(2)11(3)23-16(14)20-12(4)19-15/h8-9H2,1-7H3,(H,18,19,20). The molecule has 2 aromatic rings. The van der Waals surface area contributed by atoms with Crippen molar-refractivity contribution in [3.63, 3.8) is 0 Å². The predicted octanol–water partition coefficient (Wildman–Crippen LogP) is 3.68. The van der Waals surface area contributed by atoms with Crippen LogP contribution >= 0.6 is 11.3 Å². The van der Waals surface area contributed by atoms with E-state index in [0.29, 0.717) is 6.54 Å². The Bertz CT molecular complexity index is 730. The van der Waals surface area contributed by atoms with Crippen LogP contribution in [-0.2, 0) is 4.79 Å². The molecule has 1 amide bonds. The molecule has 0 unspecified atom stereocenters. The number of likely N-dealkylation sites (N-methyl/N-ethyl adjacent to an activating group) is 1. The lowest BCUT2D eigenvalue weighted by molar-refractivity contribution is -0.133. The van der Waals surface area contributed by atoms with Gasteiger partial charge in [-0.15, -0.1) is 11.3 Å². The number of rotatable bonds is 4. The molecule has 0 spiro atoms. The average molecular weight is 334 g/mol. The largest absolute Gasteiger partial charge is 0.360 e. The Morgan fingerprint density at radius 3 is 2.43 bits per heavy atom. The van der Waals surface area contributed by atoms with Crippen LogP contribution in [0.1, 0.15) is 44.0 Å². The molecule has 126 valence electrons. The number of nitrogens with zero attached hydrogens (tertiary/aromatic N) is 3. The number of hydrogen-bond acceptors (Lipinski definition) is 5. The van der Waals surface area contributed by atoms with Gasteiger partial charge in [-0.3, -0.25) is 4.79 Å². The van der Waals surface area contributed by atoms with Crippen molar-refractivity contribution < 1.29 is 4.79 Å². The van der Waals surface area contributed by atoms with E-state index in [4.69, 9.17) is 0 Å². The number of aromatic nitrogens is 2. The molecule has 0 aromatic carbocycles. The Morgan fingerprint density at radius 2 is 1.87 bits per heavy atom. The summed E-state index contributed by atoms with van der Waals surface area (Å²) in [5, 5.41) is 4.27. The van der Waals surface area contributed by atoms with Gasteiger partial charge >= 0.3 is 0 Å². The SMILES string of the molecule is CCN(C(=O)CNc1nc(C)nc2sc(C)c(C)c12)C(C)(C)C. The maximum Gasteiger partial charge on any atom is 0.242 e.